The number of halogens is 1. The van der Waals surface area contributed by atoms with Crippen LogP contribution in [0.15, 0.2) is 66.5 Å². The molecule has 0 radical (unpaired) electrons. The Kier molecular flexibility index (Phi) is 12.5. The van der Waals surface area contributed by atoms with Crippen LogP contribution in [0.2, 0.25) is 0 Å². The van der Waals surface area contributed by atoms with Crippen molar-refractivity contribution in [3.05, 3.63) is 100 Å². The minimum atomic E-state index is -0.324. The molecule has 1 aliphatic carbocycles. The fourth-order valence-electron chi connectivity index (χ4n) is 10.0. The van der Waals surface area contributed by atoms with Crippen molar-refractivity contribution in [2.24, 2.45) is 5.92 Å². The molecule has 4 unspecified atom stereocenters. The Balaban J connectivity index is 0.00000148. The first-order valence-corrected chi connectivity index (χ1v) is 22.3. The van der Waals surface area contributed by atoms with E-state index in [1.165, 1.54) is 11.1 Å². The number of anilines is 3. The molecule has 4 atom stereocenters. The Bertz CT molecular complexity index is 2140. The molecular formula is C48H69FN8O3. The highest BCUT2D eigenvalue weighted by atomic mass is 19.1. The summed E-state index contributed by atoms with van der Waals surface area (Å²) in [5.41, 5.74) is 10.3. The van der Waals surface area contributed by atoms with E-state index in [9.17, 15) is 9.59 Å². The second-order valence-corrected chi connectivity index (χ2v) is 17.4. The molecule has 0 spiro atoms. The van der Waals surface area contributed by atoms with Crippen molar-refractivity contribution in [3.8, 4) is 5.88 Å². The van der Waals surface area contributed by atoms with E-state index in [-0.39, 0.29) is 46.0 Å². The first-order valence-electron chi connectivity index (χ1n) is 22.3. The van der Waals surface area contributed by atoms with Crippen molar-refractivity contribution in [1.82, 2.24) is 25.4 Å². The number of fused-ring (bicyclic) bond motifs is 2. The average molecular weight is 825 g/mol. The van der Waals surface area contributed by atoms with Gasteiger partial charge in [0, 0.05) is 85.0 Å². The van der Waals surface area contributed by atoms with Gasteiger partial charge in [0.2, 0.25) is 17.7 Å². The van der Waals surface area contributed by atoms with Crippen molar-refractivity contribution in [2.75, 3.05) is 68.0 Å². The summed E-state index contributed by atoms with van der Waals surface area (Å²) < 4.78 is 21.0. The second kappa shape index (κ2) is 18.0. The lowest BCUT2D eigenvalue weighted by Crippen LogP contribution is -2.57. The zero-order valence-electron chi connectivity index (χ0n) is 36.1. The number of carbonyl (C=O) groups excluding carboxylic acids is 2. The van der Waals surface area contributed by atoms with Crippen LogP contribution in [0.4, 0.5) is 21.5 Å². The van der Waals surface area contributed by atoms with Gasteiger partial charge >= 0.3 is 0 Å². The van der Waals surface area contributed by atoms with Gasteiger partial charge in [0.25, 0.3) is 0 Å². The quantitative estimate of drug-likeness (QED) is 0.170. The van der Waals surface area contributed by atoms with Gasteiger partial charge < -0.3 is 30.5 Å². The van der Waals surface area contributed by atoms with Gasteiger partial charge in [0.1, 0.15) is 18.1 Å². The van der Waals surface area contributed by atoms with Gasteiger partial charge in [-0.1, -0.05) is 57.2 Å². The highest BCUT2D eigenvalue weighted by molar-refractivity contribution is 5.86. The number of carbonyl (C=O) groups is 2. The van der Waals surface area contributed by atoms with E-state index in [0.717, 1.165) is 103 Å². The van der Waals surface area contributed by atoms with Crippen LogP contribution < -0.4 is 30.9 Å². The second-order valence-electron chi connectivity index (χ2n) is 17.4. The van der Waals surface area contributed by atoms with Crippen LogP contribution in [0, 0.1) is 25.6 Å². The number of nitrogens with zero attached hydrogens (tertiary/aromatic N) is 4. The first-order chi connectivity index (χ1) is 29.1. The lowest BCUT2D eigenvalue weighted by atomic mass is 9.74. The van der Waals surface area contributed by atoms with E-state index in [2.05, 4.69) is 87.7 Å². The van der Waals surface area contributed by atoms with Crippen LogP contribution in [-0.2, 0) is 16.0 Å². The number of hydrogen-bond acceptors (Lipinski definition) is 9. The Morgan fingerprint density at radius 2 is 1.87 bits per heavy atom. The van der Waals surface area contributed by atoms with E-state index < -0.39 is 0 Å². The molecule has 11 nitrogen and oxygen atoms in total. The lowest BCUT2D eigenvalue weighted by molar-refractivity contribution is -0.133. The molecule has 0 bridgehead atoms. The Hall–Kier alpha value is -4.94. The van der Waals surface area contributed by atoms with E-state index >= 15 is 4.39 Å². The molecule has 1 aromatic heterocycles. The molecular weight excluding hydrogens is 756 g/mol. The number of ether oxygens (including phenoxy) is 1. The maximum absolute atomic E-state index is 15.3. The zero-order valence-corrected chi connectivity index (χ0v) is 36.1. The van der Waals surface area contributed by atoms with E-state index in [1.54, 1.807) is 6.07 Å². The molecule has 6 heterocycles. The molecule has 12 heteroatoms. The summed E-state index contributed by atoms with van der Waals surface area (Å²) in [6.45, 7) is 20.8. The molecule has 2 amide bonds. The monoisotopic (exact) mass is 825 g/mol. The number of allylic oxidation sites excluding steroid dienone is 1. The average Bonchev–Trinajstić information content (AvgIpc) is 3.23. The highest BCUT2D eigenvalue weighted by Gasteiger charge is 2.38. The summed E-state index contributed by atoms with van der Waals surface area (Å²) in [6.07, 6.45) is 9.12. The van der Waals surface area contributed by atoms with Crippen molar-refractivity contribution in [1.29, 1.82) is 0 Å². The molecule has 3 aromatic rings. The summed E-state index contributed by atoms with van der Waals surface area (Å²) >= 11 is 0. The molecule has 6 aliphatic rings. The van der Waals surface area contributed by atoms with Crippen molar-refractivity contribution < 1.29 is 23.0 Å². The Morgan fingerprint density at radius 1 is 1.07 bits per heavy atom. The van der Waals surface area contributed by atoms with E-state index in [4.69, 9.17) is 4.74 Å². The number of aromatic nitrogens is 1. The summed E-state index contributed by atoms with van der Waals surface area (Å²) in [7, 11) is 0. The van der Waals surface area contributed by atoms with E-state index in [0.29, 0.717) is 50.4 Å². The third kappa shape index (κ3) is 8.63. The number of rotatable bonds is 8. The van der Waals surface area contributed by atoms with Crippen LogP contribution in [-0.4, -0.2) is 97.3 Å². The van der Waals surface area contributed by atoms with Crippen LogP contribution in [0.3, 0.4) is 0 Å². The summed E-state index contributed by atoms with van der Waals surface area (Å²) in [5, 5.41) is 14.0. The summed E-state index contributed by atoms with van der Waals surface area (Å²) in [4.78, 5) is 37.5. The molecule has 326 valence electrons. The predicted octanol–water partition coefficient (Wildman–Crippen LogP) is 7.73. The number of pyridine rings is 1. The number of piperazine rings is 1. The number of aryl methyl sites for hydroxylation is 1. The summed E-state index contributed by atoms with van der Waals surface area (Å²) in [5.74, 6) is 0.744. The number of benzene rings is 2. The van der Waals surface area contributed by atoms with E-state index in [1.807, 2.05) is 37.1 Å². The van der Waals surface area contributed by atoms with Gasteiger partial charge in [-0.3, -0.25) is 19.8 Å². The van der Waals surface area contributed by atoms with Crippen molar-refractivity contribution >= 4 is 28.9 Å². The molecule has 2 aromatic carbocycles. The third-order valence-electron chi connectivity index (χ3n) is 13.7. The van der Waals surface area contributed by atoms with Crippen LogP contribution >= 0.6 is 0 Å². The van der Waals surface area contributed by atoms with Gasteiger partial charge in [-0.2, -0.15) is 0 Å². The molecule has 4 fully saturated rings. The Labute approximate surface area is 359 Å². The van der Waals surface area contributed by atoms with Crippen molar-refractivity contribution in [3.63, 3.8) is 0 Å². The number of piperidine rings is 2. The molecule has 3 saturated heterocycles. The third-order valence-corrected chi connectivity index (χ3v) is 13.7. The molecule has 5 aliphatic heterocycles. The maximum Gasteiger partial charge on any atom is 0.237 e. The summed E-state index contributed by atoms with van der Waals surface area (Å²) in [6, 6.07) is 12.4. The fraction of sp³-hybridized carbons (Fsp3) is 0.521. The normalized spacial score (nSPS) is 26.5. The topological polar surface area (TPSA) is 114 Å². The highest BCUT2D eigenvalue weighted by Crippen LogP contribution is 2.42. The van der Waals surface area contributed by atoms with Gasteiger partial charge in [-0.05, 0) is 92.3 Å². The van der Waals surface area contributed by atoms with Crippen LogP contribution in [0.1, 0.15) is 96.8 Å². The minimum Gasteiger partial charge on any atom is -0.474 e. The molecule has 9 rings (SSSR count). The Morgan fingerprint density at radius 3 is 2.62 bits per heavy atom. The van der Waals surface area contributed by atoms with Crippen LogP contribution in [0.5, 0.6) is 5.88 Å². The zero-order chi connectivity index (χ0) is 42.1. The SMILES string of the molecule is C=C1CCC(c2ccc(C3CC(N4CCN(C(=O)Cc5ccc(NC6NC7CN(c8cnc9c(c8C)NCCO9)CCC7=CC6C)cc5C)CC4)C3)c(F)c2)C(=O)N1.CC.[HH].[HH].[HH]. The molecule has 1 saturated carbocycles. The van der Waals surface area contributed by atoms with Crippen molar-refractivity contribution in [2.45, 2.75) is 103 Å². The number of amides is 2. The van der Waals surface area contributed by atoms with Gasteiger partial charge in [0.15, 0.2) is 0 Å². The minimum absolute atomic E-state index is 0. The standard InChI is InChI=1S/C46H57FN8O3.C2H6.3H2/c1-27-20-35(51-44-28(2)19-33-11-13-55(26-40(33)52-44)41-25-49-46-43(30(41)4)48-12-18-58-46)8-6-31(27)24-42(56)54-16-14-53(15-17-54)36-21-34(22-36)37-10-7-32(23-39(37)47)38-9-5-29(3)50-45(38)57;1-2;;;/h6-8,10,19-20,23,25,28,34,36,38,40,44,48,51-52H,3,5,9,11-18,21-22,24,26H2,1-2,4H3,(H,50,57);1-2H3;3*1H. The number of nitrogens with one attached hydrogen (secondary N) is 4. The van der Waals surface area contributed by atoms with Crippen LogP contribution in [0.25, 0.3) is 0 Å². The van der Waals surface area contributed by atoms with Gasteiger partial charge in [0.05, 0.1) is 30.4 Å². The first kappa shape index (κ1) is 41.8. The molecule has 60 heavy (non-hydrogen) atoms. The van der Waals surface area contributed by atoms with Gasteiger partial charge in [-0.15, -0.1) is 0 Å². The fourth-order valence-corrected chi connectivity index (χ4v) is 10.0. The lowest BCUT2D eigenvalue weighted by Gasteiger charge is -2.46. The molecule has 4 N–H and O–H groups in total. The smallest absolute Gasteiger partial charge is 0.237 e. The van der Waals surface area contributed by atoms with Gasteiger partial charge in [-0.25, -0.2) is 9.37 Å². The largest absolute Gasteiger partial charge is 0.474 e. The number of hydrogen-bond donors (Lipinski definition) is 4. The maximum atomic E-state index is 15.3. The predicted molar refractivity (Wildman–Crippen MR) is 244 cm³/mol.